The van der Waals surface area contributed by atoms with Gasteiger partial charge in [-0.1, -0.05) is 152 Å². The molecule has 2 aromatic heterocycles. The molecular weight excluding hydrogens is 687 g/mol. The van der Waals surface area contributed by atoms with Gasteiger partial charge in [-0.3, -0.25) is 0 Å². The Morgan fingerprint density at radius 2 is 0.964 bits per heavy atom. The third-order valence-electron chi connectivity index (χ3n) is 10.9. The molecule has 11 rings (SSSR count). The maximum Gasteiger partial charge on any atom is 0.145 e. The molecule has 0 saturated heterocycles. The van der Waals surface area contributed by atoms with Crippen molar-refractivity contribution in [3.8, 4) is 33.4 Å². The van der Waals surface area contributed by atoms with E-state index in [4.69, 9.17) is 4.42 Å². The quantitative estimate of drug-likeness (QED) is 0.170. The Morgan fingerprint density at radius 3 is 1.71 bits per heavy atom. The number of thiophene rings is 1. The fourth-order valence-electron chi connectivity index (χ4n) is 8.19. The summed E-state index contributed by atoms with van der Waals surface area (Å²) in [4.78, 5) is 2.43. The highest BCUT2D eigenvalue weighted by Crippen LogP contribution is 2.48. The molecule has 0 unspecified atom stereocenters. The summed E-state index contributed by atoms with van der Waals surface area (Å²) in [6.45, 7) is 0. The van der Waals surface area contributed by atoms with Crippen LogP contribution in [0.15, 0.2) is 205 Å². The van der Waals surface area contributed by atoms with Gasteiger partial charge in [-0.15, -0.1) is 11.3 Å². The van der Waals surface area contributed by atoms with E-state index in [1.807, 2.05) is 11.3 Å². The molecule has 0 aliphatic carbocycles. The molecule has 0 bridgehead atoms. The number of benzene rings is 9. The third-order valence-corrected chi connectivity index (χ3v) is 12.1. The van der Waals surface area contributed by atoms with Gasteiger partial charge in [0.2, 0.25) is 0 Å². The Morgan fingerprint density at radius 1 is 0.382 bits per heavy atom. The topological polar surface area (TPSA) is 16.4 Å². The van der Waals surface area contributed by atoms with Crippen LogP contribution in [0.4, 0.5) is 17.1 Å². The largest absolute Gasteiger partial charge is 0.455 e. The van der Waals surface area contributed by atoms with Gasteiger partial charge in [0, 0.05) is 37.3 Å². The van der Waals surface area contributed by atoms with Crippen LogP contribution in [0.2, 0.25) is 0 Å². The van der Waals surface area contributed by atoms with Crippen LogP contribution in [0.1, 0.15) is 0 Å². The zero-order valence-electron chi connectivity index (χ0n) is 29.8. The van der Waals surface area contributed by atoms with E-state index < -0.39 is 0 Å². The minimum Gasteiger partial charge on any atom is -0.455 e. The lowest BCUT2D eigenvalue weighted by molar-refractivity contribution is 0.673. The van der Waals surface area contributed by atoms with Crippen molar-refractivity contribution in [1.29, 1.82) is 0 Å². The molecule has 9 aromatic carbocycles. The molecule has 0 fully saturated rings. The normalized spacial score (nSPS) is 11.6. The van der Waals surface area contributed by atoms with Gasteiger partial charge in [0.05, 0.1) is 16.1 Å². The Hall–Kier alpha value is -6.94. The van der Waals surface area contributed by atoms with Crippen LogP contribution in [0.3, 0.4) is 0 Å². The van der Waals surface area contributed by atoms with E-state index in [1.165, 1.54) is 53.6 Å². The smallest absolute Gasteiger partial charge is 0.145 e. The minimum absolute atomic E-state index is 0.887. The van der Waals surface area contributed by atoms with Gasteiger partial charge in [0.25, 0.3) is 0 Å². The van der Waals surface area contributed by atoms with Crippen molar-refractivity contribution in [1.82, 2.24) is 0 Å². The van der Waals surface area contributed by atoms with Gasteiger partial charge in [-0.05, 0) is 87.3 Å². The molecule has 0 N–H and O–H groups in total. The second kappa shape index (κ2) is 12.9. The third kappa shape index (κ3) is 5.32. The van der Waals surface area contributed by atoms with Crippen LogP contribution in [-0.4, -0.2) is 0 Å². The molecular formula is C52H33NOS. The first-order chi connectivity index (χ1) is 27.3. The molecule has 0 spiro atoms. The Bertz CT molecular complexity index is 3180. The van der Waals surface area contributed by atoms with Gasteiger partial charge in [0.1, 0.15) is 11.2 Å². The predicted molar refractivity (Wildman–Crippen MR) is 235 cm³/mol. The van der Waals surface area contributed by atoms with E-state index >= 15 is 0 Å². The molecule has 258 valence electrons. The number of rotatable bonds is 6. The standard InChI is InChI=1S/C52H33NOS/c1-3-11-34(12-4-1)36-21-23-37(24-22-36)38-25-29-41(30-26-38)53(47-19-10-17-44-42-16-7-8-20-49(42)55-52(44)47)46-18-9-15-39-27-31-43-45-33-40(35-13-5-2-6-14-35)28-32-48(45)54-51(43)50(39)46/h1-33H. The molecule has 0 amide bonds. The second-order valence-electron chi connectivity index (χ2n) is 14.1. The highest BCUT2D eigenvalue weighted by Gasteiger charge is 2.22. The molecule has 2 heterocycles. The second-order valence-corrected chi connectivity index (χ2v) is 15.1. The summed E-state index contributed by atoms with van der Waals surface area (Å²) in [5, 5.41) is 7.01. The van der Waals surface area contributed by atoms with Crippen molar-refractivity contribution >= 4 is 81.3 Å². The lowest BCUT2D eigenvalue weighted by atomic mass is 9.99. The monoisotopic (exact) mass is 719 g/mol. The maximum absolute atomic E-state index is 6.85. The van der Waals surface area contributed by atoms with Gasteiger partial charge in [-0.2, -0.15) is 0 Å². The van der Waals surface area contributed by atoms with E-state index in [-0.39, 0.29) is 0 Å². The van der Waals surface area contributed by atoms with Gasteiger partial charge in [-0.25, -0.2) is 0 Å². The first-order valence-corrected chi connectivity index (χ1v) is 19.5. The van der Waals surface area contributed by atoms with Crippen molar-refractivity contribution in [3.63, 3.8) is 0 Å². The summed E-state index contributed by atoms with van der Waals surface area (Å²) in [5.41, 5.74) is 12.3. The molecule has 0 radical (unpaired) electrons. The van der Waals surface area contributed by atoms with Crippen molar-refractivity contribution < 1.29 is 4.42 Å². The van der Waals surface area contributed by atoms with E-state index in [0.717, 1.165) is 49.8 Å². The highest BCUT2D eigenvalue weighted by atomic mass is 32.1. The van der Waals surface area contributed by atoms with Gasteiger partial charge < -0.3 is 9.32 Å². The zero-order chi connectivity index (χ0) is 36.3. The fraction of sp³-hybridized carbons (Fsp3) is 0. The van der Waals surface area contributed by atoms with Crippen molar-refractivity contribution in [3.05, 3.63) is 200 Å². The summed E-state index contributed by atoms with van der Waals surface area (Å²) < 4.78 is 9.39. The zero-order valence-corrected chi connectivity index (χ0v) is 30.6. The molecule has 0 aliphatic rings. The van der Waals surface area contributed by atoms with Crippen LogP contribution in [0, 0.1) is 0 Å². The summed E-state index contributed by atoms with van der Waals surface area (Å²) >= 11 is 1.85. The van der Waals surface area contributed by atoms with Crippen LogP contribution in [-0.2, 0) is 0 Å². The van der Waals surface area contributed by atoms with Gasteiger partial charge >= 0.3 is 0 Å². The summed E-state index contributed by atoms with van der Waals surface area (Å²) in [7, 11) is 0. The Labute approximate surface area is 322 Å². The molecule has 0 aliphatic heterocycles. The fourth-order valence-corrected chi connectivity index (χ4v) is 9.39. The number of hydrogen-bond donors (Lipinski definition) is 0. The summed E-state index contributed by atoms with van der Waals surface area (Å²) in [5.74, 6) is 0. The number of furan rings is 1. The molecule has 55 heavy (non-hydrogen) atoms. The SMILES string of the molecule is c1ccc(-c2ccc(-c3ccc(N(c4cccc5c4sc4ccccc45)c4cccc5ccc6c7cc(-c8ccccc8)ccc7oc6c45)cc3)cc2)cc1. The number of nitrogens with zero attached hydrogens (tertiary/aromatic N) is 1. The number of hydrogen-bond acceptors (Lipinski definition) is 3. The first-order valence-electron chi connectivity index (χ1n) is 18.7. The van der Waals surface area contributed by atoms with Crippen molar-refractivity contribution in [2.45, 2.75) is 0 Å². The summed E-state index contributed by atoms with van der Waals surface area (Å²) in [6, 6.07) is 72.0. The summed E-state index contributed by atoms with van der Waals surface area (Å²) in [6.07, 6.45) is 0. The Balaban J connectivity index is 1.11. The van der Waals surface area contributed by atoms with Crippen LogP contribution in [0.25, 0.3) is 86.3 Å². The van der Waals surface area contributed by atoms with E-state index in [1.54, 1.807) is 0 Å². The average Bonchev–Trinajstić information content (AvgIpc) is 3.84. The van der Waals surface area contributed by atoms with Crippen LogP contribution < -0.4 is 4.90 Å². The lowest BCUT2D eigenvalue weighted by Gasteiger charge is -2.27. The number of fused-ring (bicyclic) bond motifs is 8. The van der Waals surface area contributed by atoms with E-state index in [9.17, 15) is 0 Å². The van der Waals surface area contributed by atoms with Crippen molar-refractivity contribution in [2.24, 2.45) is 0 Å². The Kier molecular flexibility index (Phi) is 7.39. The highest BCUT2D eigenvalue weighted by molar-refractivity contribution is 7.26. The van der Waals surface area contributed by atoms with Crippen LogP contribution in [0.5, 0.6) is 0 Å². The molecule has 3 heteroatoms. The van der Waals surface area contributed by atoms with Crippen molar-refractivity contribution in [2.75, 3.05) is 4.90 Å². The molecule has 11 aromatic rings. The lowest BCUT2D eigenvalue weighted by Crippen LogP contribution is -2.10. The average molecular weight is 720 g/mol. The molecule has 0 atom stereocenters. The first kappa shape index (κ1) is 31.6. The predicted octanol–water partition coefficient (Wildman–Crippen LogP) is 15.6. The minimum atomic E-state index is 0.887. The van der Waals surface area contributed by atoms with E-state index in [2.05, 4.69) is 205 Å². The van der Waals surface area contributed by atoms with E-state index in [0.29, 0.717) is 0 Å². The molecule has 2 nitrogen and oxygen atoms in total. The number of anilines is 3. The van der Waals surface area contributed by atoms with Crippen LogP contribution >= 0.6 is 11.3 Å². The maximum atomic E-state index is 6.85. The molecule has 0 saturated carbocycles. The van der Waals surface area contributed by atoms with Gasteiger partial charge in [0.15, 0.2) is 0 Å².